The summed E-state index contributed by atoms with van der Waals surface area (Å²) in [5.74, 6) is 3.13. The number of hydrogen-bond donors (Lipinski definition) is 1. The number of aryl methyl sites for hydroxylation is 1. The van der Waals surface area contributed by atoms with Crippen LogP contribution < -0.4 is 10.1 Å². The molecule has 1 unspecified atom stereocenters. The Hall–Kier alpha value is -2.63. The second-order valence-electron chi connectivity index (χ2n) is 6.70. The number of nitrogens with zero attached hydrogens (tertiary/aromatic N) is 4. The summed E-state index contributed by atoms with van der Waals surface area (Å²) >= 11 is 0. The van der Waals surface area contributed by atoms with Crippen molar-refractivity contribution in [3.63, 3.8) is 0 Å². The highest BCUT2D eigenvalue weighted by molar-refractivity contribution is 5.45. The van der Waals surface area contributed by atoms with Gasteiger partial charge in [0.1, 0.15) is 11.6 Å². The SMILES string of the molecule is Cc1nnc2ccc(NC(C)c3ccc(OCCC(C)C)cc3)nn12. The summed E-state index contributed by atoms with van der Waals surface area (Å²) < 4.78 is 7.51. The average Bonchev–Trinajstić information content (AvgIpc) is 2.96. The van der Waals surface area contributed by atoms with Crippen LogP contribution >= 0.6 is 0 Å². The molecule has 132 valence electrons. The molecule has 0 spiro atoms. The lowest BCUT2D eigenvalue weighted by Crippen LogP contribution is -2.10. The number of aromatic nitrogens is 4. The first kappa shape index (κ1) is 17.2. The van der Waals surface area contributed by atoms with E-state index in [0.29, 0.717) is 5.92 Å². The summed E-state index contributed by atoms with van der Waals surface area (Å²) in [6, 6.07) is 12.2. The smallest absolute Gasteiger partial charge is 0.178 e. The van der Waals surface area contributed by atoms with Crippen LogP contribution in [0.25, 0.3) is 5.65 Å². The summed E-state index contributed by atoms with van der Waals surface area (Å²) in [6.45, 7) is 9.16. The quantitative estimate of drug-likeness (QED) is 0.704. The molecule has 0 aliphatic heterocycles. The second kappa shape index (κ2) is 7.51. The van der Waals surface area contributed by atoms with Gasteiger partial charge in [-0.05, 0) is 56.0 Å². The normalized spacial score (nSPS) is 12.5. The Kier molecular flexibility index (Phi) is 5.16. The number of benzene rings is 1. The van der Waals surface area contributed by atoms with Crippen LogP contribution in [0.5, 0.6) is 5.75 Å². The van der Waals surface area contributed by atoms with Crippen LogP contribution in [-0.2, 0) is 0 Å². The van der Waals surface area contributed by atoms with Gasteiger partial charge in [0, 0.05) is 0 Å². The standard InChI is InChI=1S/C19H25N5O/c1-13(2)11-12-25-17-7-5-16(6-8-17)14(3)20-18-9-10-19-22-21-15(4)24(19)23-18/h5-10,13-14H,11-12H2,1-4H3,(H,20,23). The molecule has 3 aromatic rings. The lowest BCUT2D eigenvalue weighted by atomic mass is 10.1. The fourth-order valence-electron chi connectivity index (χ4n) is 2.54. The molecule has 0 fully saturated rings. The first-order chi connectivity index (χ1) is 12.0. The maximum absolute atomic E-state index is 5.77. The van der Waals surface area contributed by atoms with E-state index in [1.165, 1.54) is 5.56 Å². The van der Waals surface area contributed by atoms with E-state index >= 15 is 0 Å². The van der Waals surface area contributed by atoms with Crippen molar-refractivity contribution >= 4 is 11.5 Å². The molecule has 0 saturated heterocycles. The maximum Gasteiger partial charge on any atom is 0.178 e. The molecule has 0 amide bonds. The topological polar surface area (TPSA) is 64.3 Å². The minimum Gasteiger partial charge on any atom is -0.494 e. The van der Waals surface area contributed by atoms with E-state index in [-0.39, 0.29) is 6.04 Å². The van der Waals surface area contributed by atoms with Crippen molar-refractivity contribution in [2.45, 2.75) is 40.2 Å². The number of nitrogens with one attached hydrogen (secondary N) is 1. The molecule has 25 heavy (non-hydrogen) atoms. The first-order valence-electron chi connectivity index (χ1n) is 8.71. The van der Waals surface area contributed by atoms with Crippen molar-refractivity contribution in [3.05, 3.63) is 47.8 Å². The Morgan fingerprint density at radius 1 is 1.04 bits per heavy atom. The van der Waals surface area contributed by atoms with Gasteiger partial charge in [0.15, 0.2) is 11.5 Å². The van der Waals surface area contributed by atoms with Crippen LogP contribution in [0.3, 0.4) is 0 Å². The third kappa shape index (κ3) is 4.26. The molecular formula is C19H25N5O. The lowest BCUT2D eigenvalue weighted by molar-refractivity contribution is 0.289. The molecule has 2 aromatic heterocycles. The summed E-state index contributed by atoms with van der Waals surface area (Å²) in [5.41, 5.74) is 1.93. The monoisotopic (exact) mass is 339 g/mol. The zero-order valence-corrected chi connectivity index (χ0v) is 15.2. The summed E-state index contributed by atoms with van der Waals surface area (Å²) in [6.07, 6.45) is 1.07. The van der Waals surface area contributed by atoms with Crippen molar-refractivity contribution in [3.8, 4) is 5.75 Å². The minimum absolute atomic E-state index is 0.131. The van der Waals surface area contributed by atoms with E-state index in [2.05, 4.69) is 53.5 Å². The molecule has 1 N–H and O–H groups in total. The summed E-state index contributed by atoms with van der Waals surface area (Å²) in [7, 11) is 0. The third-order valence-corrected chi connectivity index (χ3v) is 4.13. The molecule has 0 aliphatic carbocycles. The van der Waals surface area contributed by atoms with Crippen molar-refractivity contribution in [2.75, 3.05) is 11.9 Å². The van der Waals surface area contributed by atoms with E-state index in [1.54, 1.807) is 4.52 Å². The Balaban J connectivity index is 1.63. The molecule has 1 aromatic carbocycles. The Labute approximate surface area is 148 Å². The van der Waals surface area contributed by atoms with Gasteiger partial charge in [-0.25, -0.2) is 0 Å². The molecule has 6 heteroatoms. The van der Waals surface area contributed by atoms with Crippen LogP contribution in [0.1, 0.15) is 44.6 Å². The maximum atomic E-state index is 5.77. The number of ether oxygens (including phenoxy) is 1. The van der Waals surface area contributed by atoms with E-state index in [0.717, 1.165) is 36.1 Å². The predicted octanol–water partition coefficient (Wildman–Crippen LogP) is 4.03. The highest BCUT2D eigenvalue weighted by Gasteiger charge is 2.09. The average molecular weight is 339 g/mol. The van der Waals surface area contributed by atoms with Gasteiger partial charge in [0.25, 0.3) is 0 Å². The van der Waals surface area contributed by atoms with Gasteiger partial charge in [-0.15, -0.1) is 15.3 Å². The fraction of sp³-hybridized carbons (Fsp3) is 0.421. The van der Waals surface area contributed by atoms with Crippen molar-refractivity contribution in [1.82, 2.24) is 19.8 Å². The molecule has 1 atom stereocenters. The summed E-state index contributed by atoms with van der Waals surface area (Å²) in [5, 5.41) is 16.0. The zero-order chi connectivity index (χ0) is 17.8. The predicted molar refractivity (Wildman–Crippen MR) is 98.9 cm³/mol. The number of fused-ring (bicyclic) bond motifs is 1. The van der Waals surface area contributed by atoms with E-state index < -0.39 is 0 Å². The second-order valence-corrected chi connectivity index (χ2v) is 6.70. The van der Waals surface area contributed by atoms with Gasteiger partial charge in [0.2, 0.25) is 0 Å². The molecule has 6 nitrogen and oxygen atoms in total. The van der Waals surface area contributed by atoms with Crippen LogP contribution in [0.15, 0.2) is 36.4 Å². The van der Waals surface area contributed by atoms with Crippen molar-refractivity contribution in [2.24, 2.45) is 5.92 Å². The van der Waals surface area contributed by atoms with Gasteiger partial charge < -0.3 is 10.1 Å². The van der Waals surface area contributed by atoms with Gasteiger partial charge >= 0.3 is 0 Å². The van der Waals surface area contributed by atoms with Crippen molar-refractivity contribution in [1.29, 1.82) is 0 Å². The van der Waals surface area contributed by atoms with Crippen LogP contribution in [0, 0.1) is 12.8 Å². The Morgan fingerprint density at radius 3 is 2.52 bits per heavy atom. The van der Waals surface area contributed by atoms with Gasteiger partial charge in [-0.3, -0.25) is 0 Å². The lowest BCUT2D eigenvalue weighted by Gasteiger charge is -2.16. The van der Waals surface area contributed by atoms with Gasteiger partial charge in [-0.2, -0.15) is 4.52 Å². The van der Waals surface area contributed by atoms with Gasteiger partial charge in [-0.1, -0.05) is 26.0 Å². The highest BCUT2D eigenvalue weighted by atomic mass is 16.5. The molecule has 0 bridgehead atoms. The number of hydrogen-bond acceptors (Lipinski definition) is 5. The minimum atomic E-state index is 0.131. The number of rotatable bonds is 7. The fourth-order valence-corrected chi connectivity index (χ4v) is 2.54. The molecule has 0 aliphatic rings. The molecular weight excluding hydrogens is 314 g/mol. The van der Waals surface area contributed by atoms with E-state index in [9.17, 15) is 0 Å². The number of anilines is 1. The summed E-state index contributed by atoms with van der Waals surface area (Å²) in [4.78, 5) is 0. The van der Waals surface area contributed by atoms with Gasteiger partial charge in [0.05, 0.1) is 12.6 Å². The van der Waals surface area contributed by atoms with Crippen LogP contribution in [0.2, 0.25) is 0 Å². The van der Waals surface area contributed by atoms with Crippen molar-refractivity contribution < 1.29 is 4.74 Å². The largest absolute Gasteiger partial charge is 0.494 e. The molecule has 3 rings (SSSR count). The van der Waals surface area contributed by atoms with E-state index in [1.807, 2.05) is 31.2 Å². The van der Waals surface area contributed by atoms with Crippen LogP contribution in [0.4, 0.5) is 5.82 Å². The molecule has 0 saturated carbocycles. The Bertz CT molecular complexity index is 825. The highest BCUT2D eigenvalue weighted by Crippen LogP contribution is 2.21. The molecule has 2 heterocycles. The first-order valence-corrected chi connectivity index (χ1v) is 8.71. The molecule has 0 radical (unpaired) electrons. The third-order valence-electron chi connectivity index (χ3n) is 4.13. The van der Waals surface area contributed by atoms with Crippen LogP contribution in [-0.4, -0.2) is 26.4 Å². The van der Waals surface area contributed by atoms with E-state index in [4.69, 9.17) is 4.74 Å². The zero-order valence-electron chi connectivity index (χ0n) is 15.2. The Morgan fingerprint density at radius 2 is 1.80 bits per heavy atom.